The van der Waals surface area contributed by atoms with Gasteiger partial charge in [0.15, 0.2) is 0 Å². The van der Waals surface area contributed by atoms with E-state index in [0.717, 1.165) is 29.4 Å². The normalized spacial score (nSPS) is 18.6. The summed E-state index contributed by atoms with van der Waals surface area (Å²) in [5.41, 5.74) is 2.46. The van der Waals surface area contributed by atoms with Crippen LogP contribution in [0.1, 0.15) is 18.5 Å². The summed E-state index contributed by atoms with van der Waals surface area (Å²) in [6, 6.07) is 9.16. The van der Waals surface area contributed by atoms with Crippen LogP contribution in [-0.4, -0.2) is 49.6 Å². The van der Waals surface area contributed by atoms with Crippen molar-refractivity contribution in [2.75, 3.05) is 31.2 Å². The molecule has 0 unspecified atom stereocenters. The van der Waals surface area contributed by atoms with Crippen LogP contribution in [0.2, 0.25) is 0 Å². The summed E-state index contributed by atoms with van der Waals surface area (Å²) in [7, 11) is -3.18. The van der Waals surface area contributed by atoms with Crippen LogP contribution >= 0.6 is 0 Å². The van der Waals surface area contributed by atoms with E-state index in [1.165, 1.54) is 10.6 Å². The summed E-state index contributed by atoms with van der Waals surface area (Å²) in [6.07, 6.45) is 2.95. The summed E-state index contributed by atoms with van der Waals surface area (Å²) in [5.74, 6) is 0.126. The number of anilines is 1. The number of carbonyl (C=O) groups excluding carboxylic acids is 1. The molecule has 26 heavy (non-hydrogen) atoms. The summed E-state index contributed by atoms with van der Waals surface area (Å²) in [6.45, 7) is 3.39. The van der Waals surface area contributed by atoms with E-state index in [9.17, 15) is 13.2 Å². The summed E-state index contributed by atoms with van der Waals surface area (Å²) in [4.78, 5) is 16.7. The lowest BCUT2D eigenvalue weighted by Crippen LogP contribution is -2.43. The van der Waals surface area contributed by atoms with Gasteiger partial charge in [0.1, 0.15) is 0 Å². The molecule has 0 radical (unpaired) electrons. The Labute approximate surface area is 153 Å². The zero-order chi connectivity index (χ0) is 18.7. The molecule has 140 valence electrons. The predicted octanol–water partition coefficient (Wildman–Crippen LogP) is 2.34. The van der Waals surface area contributed by atoms with Crippen LogP contribution in [0.5, 0.6) is 0 Å². The van der Waals surface area contributed by atoms with Crippen molar-refractivity contribution in [2.45, 2.75) is 19.8 Å². The minimum atomic E-state index is -3.18. The Hall–Kier alpha value is -2.19. The molecular weight excluding hydrogens is 352 g/mol. The molecule has 1 aromatic carbocycles. The molecule has 0 bridgehead atoms. The number of rotatable bonds is 4. The van der Waals surface area contributed by atoms with Gasteiger partial charge in [0.25, 0.3) is 0 Å². The van der Waals surface area contributed by atoms with E-state index in [0.29, 0.717) is 25.3 Å². The zero-order valence-electron chi connectivity index (χ0n) is 15.0. The number of hydrogen-bond donors (Lipinski definition) is 2. The lowest BCUT2D eigenvalue weighted by molar-refractivity contribution is 0.239. The van der Waals surface area contributed by atoms with Gasteiger partial charge in [-0.3, -0.25) is 4.98 Å². The van der Waals surface area contributed by atoms with E-state index >= 15 is 0 Å². The minimum absolute atomic E-state index is 0.126. The highest BCUT2D eigenvalue weighted by atomic mass is 32.2. The first-order chi connectivity index (χ1) is 12.3. The second-order valence-corrected chi connectivity index (χ2v) is 8.77. The Morgan fingerprint density at radius 1 is 1.31 bits per heavy atom. The maximum absolute atomic E-state index is 12.3. The predicted molar refractivity (Wildman–Crippen MR) is 103 cm³/mol. The Morgan fingerprint density at radius 3 is 2.88 bits per heavy atom. The van der Waals surface area contributed by atoms with E-state index in [4.69, 9.17) is 0 Å². The van der Waals surface area contributed by atoms with E-state index < -0.39 is 10.0 Å². The van der Waals surface area contributed by atoms with E-state index in [1.807, 2.05) is 37.3 Å². The molecule has 1 atom stereocenters. The molecule has 8 heteroatoms. The second-order valence-electron chi connectivity index (χ2n) is 6.79. The van der Waals surface area contributed by atoms with Crippen LogP contribution < -0.4 is 10.6 Å². The van der Waals surface area contributed by atoms with Gasteiger partial charge in [0, 0.05) is 30.7 Å². The highest BCUT2D eigenvalue weighted by Gasteiger charge is 2.26. The van der Waals surface area contributed by atoms with E-state index in [-0.39, 0.29) is 11.9 Å². The lowest BCUT2D eigenvalue weighted by Gasteiger charge is -2.30. The molecular formula is C18H24N4O3S. The van der Waals surface area contributed by atoms with Crippen molar-refractivity contribution in [3.05, 3.63) is 36.0 Å². The van der Waals surface area contributed by atoms with Crippen molar-refractivity contribution in [2.24, 2.45) is 5.92 Å². The molecule has 2 N–H and O–H groups in total. The van der Waals surface area contributed by atoms with Crippen LogP contribution in [0, 0.1) is 12.8 Å². The number of aryl methyl sites for hydroxylation is 1. The summed E-state index contributed by atoms with van der Waals surface area (Å²) in [5, 5.41) is 6.60. The van der Waals surface area contributed by atoms with Crippen LogP contribution in [0.3, 0.4) is 0 Å². The number of sulfonamides is 1. The first-order valence-corrected chi connectivity index (χ1v) is 10.5. The lowest BCUT2D eigenvalue weighted by atomic mass is 10.00. The minimum Gasteiger partial charge on any atom is -0.338 e. The molecule has 2 amide bonds. The van der Waals surface area contributed by atoms with Crippen LogP contribution in [0.4, 0.5) is 10.5 Å². The zero-order valence-corrected chi connectivity index (χ0v) is 15.8. The number of amides is 2. The number of fused-ring (bicyclic) bond motifs is 1. The standard InChI is InChI=1S/C18H24N4O3S/c1-13-8-9-15-16(20-13)6-3-7-17(15)21-18(23)19-11-14-5-4-10-22(12-14)26(2,24)25/h3,6-9,14H,4-5,10-12H2,1-2H3,(H2,19,21,23)/t14-/m1/s1. The molecule has 3 rings (SSSR count). The number of carbonyl (C=O) groups is 1. The number of pyridine rings is 1. The SMILES string of the molecule is Cc1ccc2c(NC(=O)NC[C@H]3CCCN(S(C)(=O)=O)C3)cccc2n1. The molecule has 2 heterocycles. The highest BCUT2D eigenvalue weighted by Crippen LogP contribution is 2.22. The van der Waals surface area contributed by atoms with Crippen molar-refractivity contribution >= 4 is 32.6 Å². The van der Waals surface area contributed by atoms with Crippen LogP contribution in [0.25, 0.3) is 10.9 Å². The molecule has 0 aliphatic carbocycles. The molecule has 0 saturated carbocycles. The number of hydrogen-bond acceptors (Lipinski definition) is 4. The van der Waals surface area contributed by atoms with Crippen molar-refractivity contribution in [1.29, 1.82) is 0 Å². The van der Waals surface area contributed by atoms with Gasteiger partial charge in [0.05, 0.1) is 17.5 Å². The highest BCUT2D eigenvalue weighted by molar-refractivity contribution is 7.88. The maximum atomic E-state index is 12.3. The third-order valence-corrected chi connectivity index (χ3v) is 5.89. The van der Waals surface area contributed by atoms with Crippen molar-refractivity contribution in [1.82, 2.24) is 14.6 Å². The van der Waals surface area contributed by atoms with Gasteiger partial charge < -0.3 is 10.6 Å². The largest absolute Gasteiger partial charge is 0.338 e. The number of urea groups is 1. The van der Waals surface area contributed by atoms with E-state index in [1.54, 1.807) is 0 Å². The van der Waals surface area contributed by atoms with Gasteiger partial charge >= 0.3 is 6.03 Å². The topological polar surface area (TPSA) is 91.4 Å². The third kappa shape index (κ3) is 4.50. The van der Waals surface area contributed by atoms with Gasteiger partial charge in [-0.25, -0.2) is 17.5 Å². The Balaban J connectivity index is 1.60. The number of nitrogens with zero attached hydrogens (tertiary/aromatic N) is 2. The van der Waals surface area contributed by atoms with Crippen LogP contribution in [0.15, 0.2) is 30.3 Å². The average Bonchev–Trinajstić information content (AvgIpc) is 2.59. The Bertz CT molecular complexity index is 914. The molecule has 1 aliphatic heterocycles. The molecule has 0 spiro atoms. The van der Waals surface area contributed by atoms with Crippen molar-refractivity contribution in [3.8, 4) is 0 Å². The Morgan fingerprint density at radius 2 is 2.12 bits per heavy atom. The molecule has 1 aliphatic rings. The molecule has 1 aromatic heterocycles. The fourth-order valence-electron chi connectivity index (χ4n) is 3.26. The first-order valence-electron chi connectivity index (χ1n) is 8.69. The number of benzene rings is 1. The second kappa shape index (κ2) is 7.59. The quantitative estimate of drug-likeness (QED) is 0.857. The molecule has 1 fully saturated rings. The smallest absolute Gasteiger partial charge is 0.319 e. The average molecular weight is 376 g/mol. The fraction of sp³-hybridized carbons (Fsp3) is 0.444. The molecule has 7 nitrogen and oxygen atoms in total. The number of piperidine rings is 1. The first kappa shape index (κ1) is 18.6. The van der Waals surface area contributed by atoms with E-state index in [2.05, 4.69) is 15.6 Å². The third-order valence-electron chi connectivity index (χ3n) is 4.62. The number of aromatic nitrogens is 1. The van der Waals surface area contributed by atoms with Crippen molar-refractivity contribution < 1.29 is 13.2 Å². The maximum Gasteiger partial charge on any atom is 0.319 e. The number of nitrogens with one attached hydrogen (secondary N) is 2. The van der Waals surface area contributed by atoms with Crippen molar-refractivity contribution in [3.63, 3.8) is 0 Å². The fourth-order valence-corrected chi connectivity index (χ4v) is 4.21. The van der Waals surface area contributed by atoms with Gasteiger partial charge in [-0.2, -0.15) is 0 Å². The summed E-state index contributed by atoms with van der Waals surface area (Å²) >= 11 is 0. The van der Waals surface area contributed by atoms with Gasteiger partial charge in [-0.05, 0) is 49.9 Å². The monoisotopic (exact) mass is 376 g/mol. The van der Waals surface area contributed by atoms with Crippen LogP contribution in [-0.2, 0) is 10.0 Å². The molecule has 2 aromatic rings. The van der Waals surface area contributed by atoms with Gasteiger partial charge in [-0.15, -0.1) is 0 Å². The van der Waals surface area contributed by atoms with Gasteiger partial charge in [0.2, 0.25) is 10.0 Å². The Kier molecular flexibility index (Phi) is 5.43. The summed E-state index contributed by atoms with van der Waals surface area (Å²) < 4.78 is 24.8. The molecule has 1 saturated heterocycles. The van der Waals surface area contributed by atoms with Gasteiger partial charge in [-0.1, -0.05) is 6.07 Å².